The molecule has 5 aromatic carbocycles. The number of rotatable bonds is 1. The van der Waals surface area contributed by atoms with Gasteiger partial charge in [-0.25, -0.2) is 0 Å². The Labute approximate surface area is 138 Å². The lowest BCUT2D eigenvalue weighted by atomic mass is 9.89. The van der Waals surface area contributed by atoms with Crippen molar-refractivity contribution in [3.8, 4) is 5.75 Å². The van der Waals surface area contributed by atoms with E-state index in [1.165, 1.54) is 33.9 Å². The Kier molecular flexibility index (Phi) is 2.60. The molecule has 0 bridgehead atoms. The van der Waals surface area contributed by atoms with Crippen molar-refractivity contribution in [1.29, 1.82) is 0 Å². The predicted molar refractivity (Wildman–Crippen MR) is 99.0 cm³/mol. The largest absolute Gasteiger partial charge is 0.426 e. The monoisotopic (exact) mass is 310 g/mol. The normalized spacial score (nSPS) is 11.7. The number of benzene rings is 5. The van der Waals surface area contributed by atoms with Crippen LogP contribution in [0.25, 0.3) is 43.1 Å². The van der Waals surface area contributed by atoms with Gasteiger partial charge in [0.2, 0.25) is 0 Å². The summed E-state index contributed by atoms with van der Waals surface area (Å²) in [6.45, 7) is 1.44. The lowest BCUT2D eigenvalue weighted by molar-refractivity contribution is -0.131. The van der Waals surface area contributed by atoms with Crippen LogP contribution in [0.5, 0.6) is 5.75 Å². The van der Waals surface area contributed by atoms with Gasteiger partial charge < -0.3 is 4.74 Å². The molecule has 24 heavy (non-hydrogen) atoms. The zero-order valence-electron chi connectivity index (χ0n) is 13.2. The minimum Gasteiger partial charge on any atom is -0.426 e. The van der Waals surface area contributed by atoms with Crippen LogP contribution in [-0.2, 0) is 4.79 Å². The molecule has 0 spiro atoms. The smallest absolute Gasteiger partial charge is 0.308 e. The Hall–Kier alpha value is -3.13. The lowest BCUT2D eigenvalue weighted by Gasteiger charge is -2.16. The van der Waals surface area contributed by atoms with Crippen LogP contribution in [-0.4, -0.2) is 5.97 Å². The highest BCUT2D eigenvalue weighted by Gasteiger charge is 2.16. The molecule has 114 valence electrons. The minimum atomic E-state index is -0.297. The van der Waals surface area contributed by atoms with Crippen LogP contribution in [0, 0.1) is 0 Å². The fourth-order valence-electron chi connectivity index (χ4n) is 3.84. The highest BCUT2D eigenvalue weighted by molar-refractivity contribution is 6.34. The van der Waals surface area contributed by atoms with Gasteiger partial charge in [0.05, 0.1) is 0 Å². The first kappa shape index (κ1) is 13.3. The summed E-state index contributed by atoms with van der Waals surface area (Å²) in [5.74, 6) is 0.332. The van der Waals surface area contributed by atoms with Crippen molar-refractivity contribution in [2.45, 2.75) is 6.92 Å². The van der Waals surface area contributed by atoms with Gasteiger partial charge in [0.1, 0.15) is 5.75 Å². The first-order chi connectivity index (χ1) is 11.7. The standard InChI is InChI=1S/C22H14O2/c1-13(23)24-19-12-11-15-10-9-14-5-4-8-17-16-6-2-3-7-18(16)22(19)21(15)20(14)17/h2-12H,1H3. The van der Waals surface area contributed by atoms with Gasteiger partial charge in [0, 0.05) is 17.7 Å². The van der Waals surface area contributed by atoms with E-state index in [0.717, 1.165) is 16.2 Å². The molecule has 2 nitrogen and oxygen atoms in total. The maximum atomic E-state index is 11.6. The van der Waals surface area contributed by atoms with E-state index in [4.69, 9.17) is 4.74 Å². The number of hydrogen-bond acceptors (Lipinski definition) is 2. The van der Waals surface area contributed by atoms with Crippen LogP contribution in [0.1, 0.15) is 6.92 Å². The Balaban J connectivity index is 2.17. The third-order valence-electron chi connectivity index (χ3n) is 4.73. The van der Waals surface area contributed by atoms with Crippen LogP contribution >= 0.6 is 0 Å². The van der Waals surface area contributed by atoms with Crippen LogP contribution in [0.3, 0.4) is 0 Å². The van der Waals surface area contributed by atoms with Crippen molar-refractivity contribution in [3.05, 3.63) is 66.7 Å². The number of carbonyl (C=O) groups excluding carboxylic acids is 1. The SMILES string of the molecule is CC(=O)Oc1ccc2ccc3cccc4c5ccccc5c1c2c34. The second-order valence-electron chi connectivity index (χ2n) is 6.15. The van der Waals surface area contributed by atoms with Crippen molar-refractivity contribution in [2.75, 3.05) is 0 Å². The molecule has 0 aliphatic heterocycles. The van der Waals surface area contributed by atoms with Gasteiger partial charge in [-0.1, -0.05) is 60.7 Å². The number of fused-ring (bicyclic) bond motifs is 3. The van der Waals surface area contributed by atoms with Gasteiger partial charge >= 0.3 is 5.97 Å². The van der Waals surface area contributed by atoms with E-state index < -0.39 is 0 Å². The van der Waals surface area contributed by atoms with Crippen molar-refractivity contribution in [3.63, 3.8) is 0 Å². The molecule has 0 atom stereocenters. The van der Waals surface area contributed by atoms with Crippen LogP contribution in [0.2, 0.25) is 0 Å². The Morgan fingerprint density at radius 2 is 1.29 bits per heavy atom. The Morgan fingerprint density at radius 1 is 0.667 bits per heavy atom. The highest BCUT2D eigenvalue weighted by atomic mass is 16.5. The third-order valence-corrected chi connectivity index (χ3v) is 4.73. The van der Waals surface area contributed by atoms with Gasteiger partial charge in [-0.15, -0.1) is 0 Å². The molecule has 0 saturated carbocycles. The van der Waals surface area contributed by atoms with Gasteiger partial charge in [-0.3, -0.25) is 4.79 Å². The average molecular weight is 310 g/mol. The van der Waals surface area contributed by atoms with E-state index in [1.54, 1.807) is 0 Å². The molecule has 0 aliphatic rings. The Morgan fingerprint density at radius 3 is 2.08 bits per heavy atom. The van der Waals surface area contributed by atoms with Gasteiger partial charge in [-0.2, -0.15) is 0 Å². The van der Waals surface area contributed by atoms with E-state index in [-0.39, 0.29) is 5.97 Å². The van der Waals surface area contributed by atoms with E-state index in [2.05, 4.69) is 48.5 Å². The highest BCUT2D eigenvalue weighted by Crippen LogP contribution is 2.44. The van der Waals surface area contributed by atoms with Crippen LogP contribution < -0.4 is 4.74 Å². The molecule has 5 rings (SSSR count). The minimum absolute atomic E-state index is 0.297. The molecule has 0 N–H and O–H groups in total. The first-order valence-corrected chi connectivity index (χ1v) is 8.01. The molecule has 0 saturated heterocycles. The molecule has 0 amide bonds. The van der Waals surface area contributed by atoms with Crippen molar-refractivity contribution in [1.82, 2.24) is 0 Å². The van der Waals surface area contributed by atoms with Crippen LogP contribution in [0.4, 0.5) is 0 Å². The summed E-state index contributed by atoms with van der Waals surface area (Å²) < 4.78 is 5.54. The topological polar surface area (TPSA) is 26.3 Å². The summed E-state index contributed by atoms with van der Waals surface area (Å²) in [7, 11) is 0. The molecule has 0 fully saturated rings. The molecule has 0 aliphatic carbocycles. The first-order valence-electron chi connectivity index (χ1n) is 8.01. The zero-order valence-corrected chi connectivity index (χ0v) is 13.2. The summed E-state index contributed by atoms with van der Waals surface area (Å²) in [6.07, 6.45) is 0. The summed E-state index contributed by atoms with van der Waals surface area (Å²) >= 11 is 0. The number of esters is 1. The molecular weight excluding hydrogens is 296 g/mol. The number of hydrogen-bond donors (Lipinski definition) is 0. The predicted octanol–water partition coefficient (Wildman–Crippen LogP) is 5.66. The zero-order chi connectivity index (χ0) is 16.3. The van der Waals surface area contributed by atoms with E-state index in [9.17, 15) is 4.79 Å². The van der Waals surface area contributed by atoms with Crippen molar-refractivity contribution >= 4 is 49.1 Å². The summed E-state index contributed by atoms with van der Waals surface area (Å²) in [5, 5.41) is 9.32. The third kappa shape index (κ3) is 1.68. The number of ether oxygens (including phenoxy) is 1. The molecule has 2 heteroatoms. The summed E-state index contributed by atoms with van der Waals surface area (Å²) in [5.41, 5.74) is 0. The number of carbonyl (C=O) groups is 1. The van der Waals surface area contributed by atoms with E-state index in [1.807, 2.05) is 18.2 Å². The summed E-state index contributed by atoms with van der Waals surface area (Å²) in [4.78, 5) is 11.6. The second-order valence-corrected chi connectivity index (χ2v) is 6.15. The van der Waals surface area contributed by atoms with Gasteiger partial charge in [0.15, 0.2) is 0 Å². The van der Waals surface area contributed by atoms with E-state index in [0.29, 0.717) is 5.75 Å². The van der Waals surface area contributed by atoms with Gasteiger partial charge in [-0.05, 0) is 38.4 Å². The lowest BCUT2D eigenvalue weighted by Crippen LogP contribution is -2.02. The average Bonchev–Trinajstić information content (AvgIpc) is 2.60. The summed E-state index contributed by atoms with van der Waals surface area (Å²) in [6, 6.07) is 22.9. The molecule has 0 unspecified atom stereocenters. The Bertz CT molecular complexity index is 1250. The molecular formula is C22H14O2. The van der Waals surface area contributed by atoms with Gasteiger partial charge in [0.25, 0.3) is 0 Å². The molecule has 0 radical (unpaired) electrons. The fraction of sp³-hybridized carbons (Fsp3) is 0.0455. The molecule has 0 heterocycles. The molecule has 0 aromatic heterocycles. The fourth-order valence-corrected chi connectivity index (χ4v) is 3.84. The molecule has 5 aromatic rings. The maximum Gasteiger partial charge on any atom is 0.308 e. The maximum absolute atomic E-state index is 11.6. The van der Waals surface area contributed by atoms with Crippen molar-refractivity contribution < 1.29 is 9.53 Å². The van der Waals surface area contributed by atoms with Crippen LogP contribution in [0.15, 0.2) is 66.7 Å². The second kappa shape index (κ2) is 4.68. The van der Waals surface area contributed by atoms with E-state index >= 15 is 0 Å². The van der Waals surface area contributed by atoms with Crippen molar-refractivity contribution in [2.24, 2.45) is 0 Å². The quantitative estimate of drug-likeness (QED) is 0.173.